The lowest BCUT2D eigenvalue weighted by Gasteiger charge is -2.20. The van der Waals surface area contributed by atoms with Crippen molar-refractivity contribution in [3.63, 3.8) is 0 Å². The average molecular weight is 272 g/mol. The van der Waals surface area contributed by atoms with E-state index < -0.39 is 0 Å². The van der Waals surface area contributed by atoms with Crippen molar-refractivity contribution in [2.45, 2.75) is 6.10 Å². The summed E-state index contributed by atoms with van der Waals surface area (Å²) in [5, 5.41) is 11.5. The Morgan fingerprint density at radius 2 is 2.35 bits per heavy atom. The fraction of sp³-hybridized carbons (Fsp3) is 0.333. The van der Waals surface area contributed by atoms with Gasteiger partial charge in [0.05, 0.1) is 30.1 Å². The van der Waals surface area contributed by atoms with Gasteiger partial charge in [0.25, 0.3) is 5.89 Å². The number of rotatable bonds is 2. The number of hydrogen-bond acceptors (Lipinski definition) is 7. The first kappa shape index (κ1) is 11.5. The maximum Gasteiger partial charge on any atom is 0.261 e. The van der Waals surface area contributed by atoms with Crippen molar-refractivity contribution < 1.29 is 9.26 Å². The fourth-order valence-electron chi connectivity index (χ4n) is 2.21. The summed E-state index contributed by atoms with van der Waals surface area (Å²) in [5.41, 5.74) is 1.59. The minimum atomic E-state index is -0.166. The third-order valence-corrected chi connectivity index (χ3v) is 3.21. The molecule has 0 radical (unpaired) electrons. The molecule has 8 nitrogen and oxygen atoms in total. The first-order valence-electron chi connectivity index (χ1n) is 6.35. The van der Waals surface area contributed by atoms with Crippen LogP contribution in [0.1, 0.15) is 11.9 Å². The summed E-state index contributed by atoms with van der Waals surface area (Å²) in [6.07, 6.45) is 6.68. The molecule has 0 amide bonds. The maximum atomic E-state index is 5.60. The first-order valence-corrected chi connectivity index (χ1v) is 6.35. The van der Waals surface area contributed by atoms with Gasteiger partial charge in [0, 0.05) is 25.5 Å². The molecule has 1 fully saturated rings. The van der Waals surface area contributed by atoms with Gasteiger partial charge in [-0.05, 0) is 0 Å². The molecule has 20 heavy (non-hydrogen) atoms. The van der Waals surface area contributed by atoms with Crippen molar-refractivity contribution in [2.75, 3.05) is 19.7 Å². The molecule has 8 heteroatoms. The van der Waals surface area contributed by atoms with Gasteiger partial charge in [-0.25, -0.2) is 4.52 Å². The molecule has 4 heterocycles. The zero-order chi connectivity index (χ0) is 13.4. The van der Waals surface area contributed by atoms with Crippen LogP contribution in [0, 0.1) is 0 Å². The zero-order valence-electron chi connectivity index (χ0n) is 10.6. The molecular formula is C12H12N6O2. The largest absolute Gasteiger partial charge is 0.367 e. The number of aromatic nitrogens is 5. The van der Waals surface area contributed by atoms with Crippen LogP contribution in [0.5, 0.6) is 0 Å². The minimum absolute atomic E-state index is 0.166. The van der Waals surface area contributed by atoms with Crippen molar-refractivity contribution in [2.24, 2.45) is 0 Å². The van der Waals surface area contributed by atoms with Crippen LogP contribution in [0.15, 0.2) is 29.3 Å². The SMILES string of the molecule is c1cn2ncc(-c3nc(C4CNCCO4)no3)c2cn1. The Hall–Kier alpha value is -2.32. The van der Waals surface area contributed by atoms with E-state index in [1.54, 1.807) is 29.3 Å². The summed E-state index contributed by atoms with van der Waals surface area (Å²) in [6.45, 7) is 2.19. The molecular weight excluding hydrogens is 260 g/mol. The van der Waals surface area contributed by atoms with Gasteiger partial charge in [-0.3, -0.25) is 4.98 Å². The Morgan fingerprint density at radius 3 is 3.25 bits per heavy atom. The monoisotopic (exact) mass is 272 g/mol. The predicted molar refractivity (Wildman–Crippen MR) is 67.8 cm³/mol. The summed E-state index contributed by atoms with van der Waals surface area (Å²) in [4.78, 5) is 8.49. The highest BCUT2D eigenvalue weighted by molar-refractivity contribution is 5.73. The zero-order valence-corrected chi connectivity index (χ0v) is 10.6. The smallest absolute Gasteiger partial charge is 0.261 e. The Balaban J connectivity index is 1.70. The van der Waals surface area contributed by atoms with Crippen molar-refractivity contribution >= 4 is 5.52 Å². The van der Waals surface area contributed by atoms with E-state index in [9.17, 15) is 0 Å². The summed E-state index contributed by atoms with van der Waals surface area (Å²) in [5.74, 6) is 0.979. The van der Waals surface area contributed by atoms with Crippen LogP contribution in [-0.2, 0) is 4.74 Å². The van der Waals surface area contributed by atoms with Crippen LogP contribution in [0.2, 0.25) is 0 Å². The second-order valence-electron chi connectivity index (χ2n) is 4.49. The lowest BCUT2D eigenvalue weighted by atomic mass is 10.3. The highest BCUT2D eigenvalue weighted by Gasteiger charge is 2.23. The van der Waals surface area contributed by atoms with Crippen molar-refractivity contribution in [1.29, 1.82) is 0 Å². The standard InChI is InChI=1S/C12H12N6O2/c1-3-18-9(6-13-1)8(5-15-18)12-16-11(17-20-12)10-7-14-2-4-19-10/h1,3,5-6,10,14H,2,4,7H2. The van der Waals surface area contributed by atoms with Gasteiger partial charge in [-0.1, -0.05) is 5.16 Å². The predicted octanol–water partition coefficient (Wildman–Crippen LogP) is 0.440. The van der Waals surface area contributed by atoms with Gasteiger partial charge < -0.3 is 14.6 Å². The van der Waals surface area contributed by atoms with Crippen LogP contribution in [-0.4, -0.2) is 44.4 Å². The van der Waals surface area contributed by atoms with Crippen LogP contribution < -0.4 is 5.32 Å². The third kappa shape index (κ3) is 1.86. The Labute approximate surface area is 113 Å². The van der Waals surface area contributed by atoms with Gasteiger partial charge >= 0.3 is 0 Å². The van der Waals surface area contributed by atoms with Gasteiger partial charge in [0.2, 0.25) is 5.82 Å². The van der Waals surface area contributed by atoms with Crippen molar-refractivity contribution in [1.82, 2.24) is 30.1 Å². The van der Waals surface area contributed by atoms with Crippen LogP contribution in [0.3, 0.4) is 0 Å². The number of nitrogens with zero attached hydrogens (tertiary/aromatic N) is 5. The Bertz CT molecular complexity index is 730. The Morgan fingerprint density at radius 1 is 1.35 bits per heavy atom. The third-order valence-electron chi connectivity index (χ3n) is 3.21. The van der Waals surface area contributed by atoms with Crippen molar-refractivity contribution in [3.8, 4) is 11.5 Å². The van der Waals surface area contributed by atoms with Gasteiger partial charge in [0.1, 0.15) is 6.10 Å². The van der Waals surface area contributed by atoms with E-state index in [4.69, 9.17) is 9.26 Å². The molecule has 0 saturated carbocycles. The minimum Gasteiger partial charge on any atom is -0.367 e. The number of morpholine rings is 1. The molecule has 3 aromatic rings. The molecule has 0 aromatic carbocycles. The molecule has 3 aromatic heterocycles. The van der Waals surface area contributed by atoms with E-state index in [0.29, 0.717) is 24.9 Å². The second-order valence-corrected chi connectivity index (χ2v) is 4.49. The molecule has 0 aliphatic carbocycles. The number of fused-ring (bicyclic) bond motifs is 1. The van der Waals surface area contributed by atoms with Gasteiger partial charge in [-0.15, -0.1) is 0 Å². The fourth-order valence-corrected chi connectivity index (χ4v) is 2.21. The quantitative estimate of drug-likeness (QED) is 0.723. The van der Waals surface area contributed by atoms with Gasteiger partial charge in [0.15, 0.2) is 0 Å². The summed E-state index contributed by atoms with van der Waals surface area (Å²) < 4.78 is 12.6. The van der Waals surface area contributed by atoms with Crippen LogP contribution >= 0.6 is 0 Å². The van der Waals surface area contributed by atoms with E-state index >= 15 is 0 Å². The summed E-state index contributed by atoms with van der Waals surface area (Å²) in [7, 11) is 0. The van der Waals surface area contributed by atoms with E-state index in [-0.39, 0.29) is 6.10 Å². The molecule has 1 atom stereocenters. The molecule has 102 valence electrons. The van der Waals surface area contributed by atoms with E-state index in [0.717, 1.165) is 17.6 Å². The lowest BCUT2D eigenvalue weighted by molar-refractivity contribution is 0.0208. The van der Waals surface area contributed by atoms with Crippen molar-refractivity contribution in [3.05, 3.63) is 30.6 Å². The Kier molecular flexibility index (Phi) is 2.68. The summed E-state index contributed by atoms with van der Waals surface area (Å²) >= 11 is 0. The molecule has 1 aliphatic heterocycles. The highest BCUT2D eigenvalue weighted by atomic mass is 16.5. The topological polar surface area (TPSA) is 90.4 Å². The normalized spacial score (nSPS) is 19.5. The molecule has 4 rings (SSSR count). The van der Waals surface area contributed by atoms with Crippen LogP contribution in [0.25, 0.3) is 17.0 Å². The molecule has 1 N–H and O–H groups in total. The molecule has 1 saturated heterocycles. The first-order chi connectivity index (χ1) is 9.92. The van der Waals surface area contributed by atoms with Gasteiger partial charge in [-0.2, -0.15) is 10.1 Å². The molecule has 0 spiro atoms. The number of nitrogens with one attached hydrogen (secondary N) is 1. The maximum absolute atomic E-state index is 5.60. The molecule has 0 bridgehead atoms. The van der Waals surface area contributed by atoms with Crippen LogP contribution in [0.4, 0.5) is 0 Å². The van der Waals surface area contributed by atoms with E-state index in [1.165, 1.54) is 0 Å². The molecule has 1 aliphatic rings. The number of ether oxygens (including phenoxy) is 1. The van der Waals surface area contributed by atoms with E-state index in [2.05, 4.69) is 25.5 Å². The van der Waals surface area contributed by atoms with E-state index in [1.807, 2.05) is 0 Å². The lowest BCUT2D eigenvalue weighted by Crippen LogP contribution is -2.33. The number of hydrogen-bond donors (Lipinski definition) is 1. The highest BCUT2D eigenvalue weighted by Crippen LogP contribution is 2.24. The average Bonchev–Trinajstić information content (AvgIpc) is 3.14. The summed E-state index contributed by atoms with van der Waals surface area (Å²) in [6, 6.07) is 0. The second kappa shape index (κ2) is 4.66. The molecule has 1 unspecified atom stereocenters.